The third kappa shape index (κ3) is 5.52. The van der Waals surface area contributed by atoms with E-state index in [1.807, 2.05) is 0 Å². The first-order chi connectivity index (χ1) is 14.9. The average Bonchev–Trinajstić information content (AvgIpc) is 2.74. The number of esters is 1. The Balaban J connectivity index is 2.23. The minimum atomic E-state index is -2.99. The van der Waals surface area contributed by atoms with E-state index in [9.17, 15) is 50.4 Å². The zero-order valence-electron chi connectivity index (χ0n) is 17.0. The number of rotatable bonds is 7. The summed E-state index contributed by atoms with van der Waals surface area (Å²) in [7, 11) is 0. The van der Waals surface area contributed by atoms with Gasteiger partial charge in [-0.1, -0.05) is 0 Å². The number of carbonyl (C=O) groups is 2. The highest BCUT2D eigenvalue weighted by atomic mass is 16.7. The zero-order valence-corrected chi connectivity index (χ0v) is 17.0. The van der Waals surface area contributed by atoms with Gasteiger partial charge in [-0.05, 0) is 0 Å². The molecule has 2 aliphatic heterocycles. The number of carbonyl (C=O) groups excluding carboxylic acids is 2. The molecule has 0 bridgehead atoms. The molecule has 0 aliphatic carbocycles. The van der Waals surface area contributed by atoms with E-state index in [2.05, 4.69) is 5.32 Å². The van der Waals surface area contributed by atoms with Gasteiger partial charge in [-0.15, -0.1) is 0 Å². The molecule has 0 aromatic rings. The van der Waals surface area contributed by atoms with Gasteiger partial charge in [-0.2, -0.15) is 0 Å². The van der Waals surface area contributed by atoms with Crippen molar-refractivity contribution in [1.82, 2.24) is 5.32 Å². The van der Waals surface area contributed by atoms with Crippen LogP contribution in [0.3, 0.4) is 0 Å². The summed E-state index contributed by atoms with van der Waals surface area (Å²) in [5.41, 5.74) is 0. The van der Waals surface area contributed by atoms with Crippen LogP contribution in [0.25, 0.3) is 0 Å². The van der Waals surface area contributed by atoms with Crippen LogP contribution in [0.15, 0.2) is 0 Å². The van der Waals surface area contributed by atoms with Crippen molar-refractivity contribution < 1.29 is 69.8 Å². The van der Waals surface area contributed by atoms with Crippen LogP contribution in [0.4, 0.5) is 0 Å². The van der Waals surface area contributed by atoms with Crippen LogP contribution in [-0.2, 0) is 23.8 Å². The molecule has 2 saturated heterocycles. The van der Waals surface area contributed by atoms with E-state index in [0.29, 0.717) is 0 Å². The van der Waals surface area contributed by atoms with Crippen molar-refractivity contribution in [3.05, 3.63) is 0 Å². The lowest BCUT2D eigenvalue weighted by Crippen LogP contribution is -2.68. The maximum atomic E-state index is 12.6. The van der Waals surface area contributed by atoms with E-state index >= 15 is 0 Å². The maximum absolute atomic E-state index is 12.6. The van der Waals surface area contributed by atoms with Crippen LogP contribution in [0.2, 0.25) is 0 Å². The largest absolute Gasteiger partial charge is 0.429 e. The molecule has 2 aliphatic rings. The molecule has 10 N–H and O–H groups in total. The van der Waals surface area contributed by atoms with Crippen LogP contribution in [0, 0.1) is 0 Å². The van der Waals surface area contributed by atoms with E-state index in [0.717, 1.165) is 6.92 Å². The Bertz CT molecular complexity index is 663. The van der Waals surface area contributed by atoms with E-state index in [1.54, 1.807) is 0 Å². The van der Waals surface area contributed by atoms with Crippen LogP contribution in [0.1, 0.15) is 13.3 Å². The number of aliphatic hydroxyl groups excluding tert-OH is 8. The average molecular weight is 471 g/mol. The predicted octanol–water partition coefficient (Wildman–Crippen LogP) is -6.61. The summed E-state index contributed by atoms with van der Waals surface area (Å²) >= 11 is 0. The monoisotopic (exact) mass is 471 g/mol. The molecule has 2 heterocycles. The quantitative estimate of drug-likeness (QED) is 0.155. The molecular weight excluding hydrogens is 442 g/mol. The zero-order chi connectivity index (χ0) is 24.4. The van der Waals surface area contributed by atoms with Gasteiger partial charge in [-0.25, -0.2) is 4.79 Å². The fraction of sp³-hybridized carbons (Fsp3) is 0.882. The van der Waals surface area contributed by atoms with Crippen LogP contribution >= 0.6 is 0 Å². The van der Waals surface area contributed by atoms with Crippen molar-refractivity contribution in [2.24, 2.45) is 0 Å². The summed E-state index contributed by atoms with van der Waals surface area (Å²) in [6.07, 6.45) is -17.2. The van der Waals surface area contributed by atoms with Gasteiger partial charge >= 0.3 is 5.97 Å². The molecule has 15 heteroatoms. The molecular formula is C17H29NO14. The molecule has 32 heavy (non-hydrogen) atoms. The number of aliphatic hydroxyl groups is 9. The van der Waals surface area contributed by atoms with Gasteiger partial charge in [-0.3, -0.25) is 4.79 Å². The van der Waals surface area contributed by atoms with Crippen LogP contribution in [-0.4, -0.2) is 138 Å². The SMILES string of the molecule is CC(=O)N[C@H]1[C@H]([C@H](O)[C@H](O)CO)O[C@](O)(C(=O)OC2O[C@H](CO)[C@H](O)[C@H](O)[C@H]2O)C[C@@H]1O. The Labute approximate surface area is 181 Å². The summed E-state index contributed by atoms with van der Waals surface area (Å²) in [5, 5.41) is 91.1. The molecule has 2 fully saturated rings. The highest BCUT2D eigenvalue weighted by Crippen LogP contribution is 2.32. The van der Waals surface area contributed by atoms with E-state index in [4.69, 9.17) is 19.3 Å². The lowest BCUT2D eigenvalue weighted by molar-refractivity contribution is -0.326. The molecule has 0 aromatic carbocycles. The van der Waals surface area contributed by atoms with Crippen molar-refractivity contribution in [2.45, 2.75) is 80.3 Å². The van der Waals surface area contributed by atoms with Crippen LogP contribution < -0.4 is 5.32 Å². The Morgan fingerprint density at radius 1 is 1.12 bits per heavy atom. The lowest BCUT2D eigenvalue weighted by atomic mass is 9.88. The molecule has 0 aromatic heterocycles. The second kappa shape index (κ2) is 10.6. The smallest absolute Gasteiger partial charge is 0.369 e. The van der Waals surface area contributed by atoms with Gasteiger partial charge in [0.1, 0.15) is 42.7 Å². The molecule has 0 radical (unpaired) electrons. The Morgan fingerprint density at radius 3 is 2.28 bits per heavy atom. The normalized spacial score (nSPS) is 42.1. The summed E-state index contributed by atoms with van der Waals surface area (Å²) in [4.78, 5) is 24.1. The summed E-state index contributed by atoms with van der Waals surface area (Å²) < 4.78 is 15.0. The van der Waals surface area contributed by atoms with Gasteiger partial charge in [0.25, 0.3) is 5.79 Å². The lowest BCUT2D eigenvalue weighted by Gasteiger charge is -2.46. The Morgan fingerprint density at radius 2 is 1.75 bits per heavy atom. The first-order valence-electron chi connectivity index (χ1n) is 9.70. The highest BCUT2D eigenvalue weighted by molar-refractivity contribution is 5.78. The second-order valence-corrected chi connectivity index (χ2v) is 7.71. The fourth-order valence-corrected chi connectivity index (χ4v) is 3.49. The number of amides is 1. The molecule has 1 amide bonds. The van der Waals surface area contributed by atoms with Crippen molar-refractivity contribution in [3.63, 3.8) is 0 Å². The van der Waals surface area contributed by atoms with Crippen LogP contribution in [0.5, 0.6) is 0 Å². The molecule has 0 spiro atoms. The minimum absolute atomic E-state index is 0.678. The minimum Gasteiger partial charge on any atom is -0.429 e. The molecule has 186 valence electrons. The number of hydrogen-bond donors (Lipinski definition) is 10. The summed E-state index contributed by atoms with van der Waals surface area (Å²) in [6.45, 7) is -0.700. The first kappa shape index (κ1) is 26.7. The summed E-state index contributed by atoms with van der Waals surface area (Å²) in [6, 6.07) is -1.41. The topological polar surface area (TPSA) is 256 Å². The maximum Gasteiger partial charge on any atom is 0.369 e. The van der Waals surface area contributed by atoms with Crippen molar-refractivity contribution in [1.29, 1.82) is 0 Å². The van der Waals surface area contributed by atoms with Gasteiger partial charge < -0.3 is 65.5 Å². The fourth-order valence-electron chi connectivity index (χ4n) is 3.49. The Hall–Kier alpha value is -1.50. The van der Waals surface area contributed by atoms with Gasteiger partial charge in [0.2, 0.25) is 12.2 Å². The van der Waals surface area contributed by atoms with Gasteiger partial charge in [0.15, 0.2) is 0 Å². The molecule has 11 atom stereocenters. The number of nitrogens with one attached hydrogen (secondary N) is 1. The molecule has 2 rings (SSSR count). The van der Waals surface area contributed by atoms with Gasteiger partial charge in [0, 0.05) is 13.3 Å². The van der Waals surface area contributed by atoms with Crippen molar-refractivity contribution >= 4 is 11.9 Å². The Kier molecular flexibility index (Phi) is 8.88. The number of hydrogen-bond acceptors (Lipinski definition) is 14. The standard InChI is InChI=1S/C17H29NO14/c1-5(21)18-9-6(22)2-17(29,32-14(9)10(24)7(23)3-19)16(28)31-15-13(27)12(26)11(25)8(4-20)30-15/h6-15,19-20,22-27,29H,2-4H2,1H3,(H,18,21)/t6-,7+,8+,9+,10+,11-,12-,13+,14+,15?,17-/m0/s1. The van der Waals surface area contributed by atoms with Crippen molar-refractivity contribution in [3.8, 4) is 0 Å². The third-order valence-corrected chi connectivity index (χ3v) is 5.26. The van der Waals surface area contributed by atoms with Gasteiger partial charge in [0.05, 0.1) is 25.4 Å². The summed E-state index contributed by atoms with van der Waals surface area (Å²) in [5.74, 6) is -5.32. The van der Waals surface area contributed by atoms with E-state index in [1.165, 1.54) is 0 Å². The van der Waals surface area contributed by atoms with E-state index < -0.39 is 98.5 Å². The third-order valence-electron chi connectivity index (χ3n) is 5.26. The molecule has 15 nitrogen and oxygen atoms in total. The van der Waals surface area contributed by atoms with Crippen molar-refractivity contribution in [2.75, 3.05) is 13.2 Å². The highest BCUT2D eigenvalue weighted by Gasteiger charge is 2.56. The number of ether oxygens (including phenoxy) is 3. The predicted molar refractivity (Wildman–Crippen MR) is 97.0 cm³/mol. The second-order valence-electron chi connectivity index (χ2n) is 7.71. The molecule has 1 unspecified atom stereocenters. The van der Waals surface area contributed by atoms with E-state index in [-0.39, 0.29) is 0 Å². The first-order valence-corrected chi connectivity index (χ1v) is 9.70. The molecule has 0 saturated carbocycles.